The third-order valence-corrected chi connectivity index (χ3v) is 3.12. The maximum absolute atomic E-state index is 13.0. The van der Waals surface area contributed by atoms with E-state index in [1.807, 2.05) is 0 Å². The summed E-state index contributed by atoms with van der Waals surface area (Å²) < 4.78 is 39.1. The number of nitrogens with one attached hydrogen (secondary N) is 1. The smallest absolute Gasteiger partial charge is 0.344 e. The highest BCUT2D eigenvalue weighted by Gasteiger charge is 2.50. The molecule has 0 bridgehead atoms. The van der Waals surface area contributed by atoms with Crippen LogP contribution in [0, 0.1) is 5.92 Å². The fraction of sp³-hybridized carbons (Fsp3) is 0.455. The normalized spacial score (nSPS) is 18.5. The second-order valence-corrected chi connectivity index (χ2v) is 4.35. The molecule has 0 amide bonds. The lowest BCUT2D eigenvalue weighted by Gasteiger charge is -2.18. The van der Waals surface area contributed by atoms with Gasteiger partial charge in [-0.05, 0) is 18.8 Å². The molecular formula is C11H10F3N3. The van der Waals surface area contributed by atoms with E-state index in [1.165, 1.54) is 18.6 Å². The second-order valence-electron chi connectivity index (χ2n) is 4.35. The van der Waals surface area contributed by atoms with Gasteiger partial charge in [0.2, 0.25) is 0 Å². The molecule has 1 saturated carbocycles. The van der Waals surface area contributed by atoms with Crippen molar-refractivity contribution in [3.63, 3.8) is 0 Å². The van der Waals surface area contributed by atoms with Gasteiger partial charge in [0.1, 0.15) is 5.52 Å². The lowest BCUT2D eigenvalue weighted by Crippen LogP contribution is -2.22. The van der Waals surface area contributed by atoms with Crippen LogP contribution in [0.3, 0.4) is 0 Å². The minimum absolute atomic E-state index is 0.225. The van der Waals surface area contributed by atoms with Gasteiger partial charge >= 0.3 is 6.18 Å². The molecule has 2 heterocycles. The molecule has 0 saturated heterocycles. The number of halogens is 3. The zero-order valence-electron chi connectivity index (χ0n) is 8.83. The highest BCUT2D eigenvalue weighted by atomic mass is 19.4. The van der Waals surface area contributed by atoms with Crippen LogP contribution >= 0.6 is 0 Å². The Morgan fingerprint density at radius 3 is 2.59 bits per heavy atom. The van der Waals surface area contributed by atoms with Gasteiger partial charge in [-0.3, -0.25) is 4.98 Å². The van der Waals surface area contributed by atoms with Crippen LogP contribution < -0.4 is 0 Å². The summed E-state index contributed by atoms with van der Waals surface area (Å²) >= 11 is 0. The molecule has 2 aromatic heterocycles. The van der Waals surface area contributed by atoms with Gasteiger partial charge in [-0.2, -0.15) is 13.2 Å². The highest BCUT2D eigenvalue weighted by molar-refractivity contribution is 5.75. The second kappa shape index (κ2) is 3.45. The number of fused-ring (bicyclic) bond motifs is 1. The first-order chi connectivity index (χ1) is 8.07. The lowest BCUT2D eigenvalue weighted by atomic mass is 9.95. The molecule has 6 heteroatoms. The van der Waals surface area contributed by atoms with Crippen molar-refractivity contribution in [2.45, 2.75) is 24.9 Å². The highest BCUT2D eigenvalue weighted by Crippen LogP contribution is 2.51. The summed E-state index contributed by atoms with van der Waals surface area (Å²) in [5.74, 6) is -1.70. The van der Waals surface area contributed by atoms with Gasteiger partial charge in [-0.15, -0.1) is 0 Å². The summed E-state index contributed by atoms with van der Waals surface area (Å²) in [7, 11) is 0. The van der Waals surface area contributed by atoms with Gasteiger partial charge in [-0.1, -0.05) is 0 Å². The standard InChI is InChI=1S/C11H10F3N3/c12-11(13,14)8(6-1-2-6)7-5-17-10-9(7)15-3-4-16-10/h3-6,8H,1-2H2,(H,16,17). The van der Waals surface area contributed by atoms with Crippen molar-refractivity contribution in [3.8, 4) is 0 Å². The van der Waals surface area contributed by atoms with Crippen molar-refractivity contribution in [1.29, 1.82) is 0 Å². The molecule has 2 aromatic rings. The molecule has 3 nitrogen and oxygen atoms in total. The Kier molecular flexibility index (Phi) is 2.14. The average molecular weight is 241 g/mol. The first-order valence-corrected chi connectivity index (χ1v) is 5.42. The van der Waals surface area contributed by atoms with E-state index in [4.69, 9.17) is 0 Å². The van der Waals surface area contributed by atoms with E-state index >= 15 is 0 Å². The maximum atomic E-state index is 13.0. The lowest BCUT2D eigenvalue weighted by molar-refractivity contribution is -0.154. The van der Waals surface area contributed by atoms with Crippen LogP contribution in [0.15, 0.2) is 18.6 Å². The molecule has 0 radical (unpaired) electrons. The molecule has 3 rings (SSSR count). The van der Waals surface area contributed by atoms with Gasteiger partial charge in [0.25, 0.3) is 0 Å². The molecule has 1 aliphatic carbocycles. The Morgan fingerprint density at radius 1 is 1.24 bits per heavy atom. The summed E-state index contributed by atoms with van der Waals surface area (Å²) in [6.45, 7) is 0. The average Bonchev–Trinajstić information content (AvgIpc) is 2.98. The topological polar surface area (TPSA) is 41.6 Å². The summed E-state index contributed by atoms with van der Waals surface area (Å²) in [5, 5.41) is 0. The van der Waals surface area contributed by atoms with Crippen molar-refractivity contribution in [2.24, 2.45) is 5.92 Å². The zero-order chi connectivity index (χ0) is 12.0. The number of hydrogen-bond acceptors (Lipinski definition) is 2. The number of H-pyrrole nitrogens is 1. The molecular weight excluding hydrogens is 231 g/mol. The van der Waals surface area contributed by atoms with Crippen molar-refractivity contribution < 1.29 is 13.2 Å². The van der Waals surface area contributed by atoms with E-state index in [-0.39, 0.29) is 11.5 Å². The van der Waals surface area contributed by atoms with Crippen molar-refractivity contribution in [2.75, 3.05) is 0 Å². The minimum Gasteiger partial charge on any atom is -0.344 e. The van der Waals surface area contributed by atoms with E-state index in [0.717, 1.165) is 0 Å². The van der Waals surface area contributed by atoms with E-state index < -0.39 is 12.1 Å². The van der Waals surface area contributed by atoms with Gasteiger partial charge in [0, 0.05) is 24.2 Å². The van der Waals surface area contributed by atoms with Crippen molar-refractivity contribution in [3.05, 3.63) is 24.2 Å². The molecule has 1 aliphatic rings. The third-order valence-electron chi connectivity index (χ3n) is 3.12. The number of nitrogens with zero attached hydrogens (tertiary/aromatic N) is 2. The van der Waals surface area contributed by atoms with Crippen LogP contribution in [0.2, 0.25) is 0 Å². The summed E-state index contributed by atoms with van der Waals surface area (Å²) in [4.78, 5) is 10.7. The quantitative estimate of drug-likeness (QED) is 0.878. The van der Waals surface area contributed by atoms with Gasteiger partial charge < -0.3 is 4.98 Å². The first kappa shape index (κ1) is 10.6. The van der Waals surface area contributed by atoms with Crippen LogP contribution in [0.4, 0.5) is 13.2 Å². The van der Waals surface area contributed by atoms with Crippen LogP contribution in [-0.4, -0.2) is 21.1 Å². The number of aromatic amines is 1. The molecule has 0 aromatic carbocycles. The summed E-state index contributed by atoms with van der Waals surface area (Å²) in [5.41, 5.74) is 0.974. The van der Waals surface area contributed by atoms with Crippen LogP contribution in [0.25, 0.3) is 11.2 Å². The Morgan fingerprint density at radius 2 is 1.94 bits per heavy atom. The Balaban J connectivity index is 2.12. The number of hydrogen-bond donors (Lipinski definition) is 1. The van der Waals surface area contributed by atoms with Crippen molar-refractivity contribution >= 4 is 11.2 Å². The predicted molar refractivity (Wildman–Crippen MR) is 55.4 cm³/mol. The fourth-order valence-electron chi connectivity index (χ4n) is 2.23. The monoisotopic (exact) mass is 241 g/mol. The predicted octanol–water partition coefficient (Wildman–Crippen LogP) is 3.01. The minimum atomic E-state index is -4.21. The molecule has 0 spiro atoms. The van der Waals surface area contributed by atoms with Crippen LogP contribution in [0.5, 0.6) is 0 Å². The maximum Gasteiger partial charge on any atom is 0.396 e. The fourth-order valence-corrected chi connectivity index (χ4v) is 2.23. The molecule has 90 valence electrons. The molecule has 1 atom stereocenters. The molecule has 0 aliphatic heterocycles. The largest absolute Gasteiger partial charge is 0.396 e. The van der Waals surface area contributed by atoms with Gasteiger partial charge in [-0.25, -0.2) is 4.98 Å². The molecule has 1 N–H and O–H groups in total. The van der Waals surface area contributed by atoms with E-state index in [9.17, 15) is 13.2 Å². The number of rotatable bonds is 2. The summed E-state index contributed by atoms with van der Waals surface area (Å²) in [6.07, 6.45) is 1.32. The van der Waals surface area contributed by atoms with Crippen LogP contribution in [-0.2, 0) is 0 Å². The zero-order valence-corrected chi connectivity index (χ0v) is 8.83. The van der Waals surface area contributed by atoms with E-state index in [2.05, 4.69) is 15.0 Å². The Labute approximate surface area is 95.1 Å². The molecule has 1 unspecified atom stereocenters. The van der Waals surface area contributed by atoms with Crippen LogP contribution in [0.1, 0.15) is 24.3 Å². The summed E-state index contributed by atoms with van der Waals surface area (Å²) in [6, 6.07) is 0. The molecule has 17 heavy (non-hydrogen) atoms. The third kappa shape index (κ3) is 1.77. The number of aromatic nitrogens is 3. The SMILES string of the molecule is FC(F)(F)C(c1c[nH]c2nccnc12)C1CC1. The van der Waals surface area contributed by atoms with E-state index in [1.54, 1.807) is 0 Å². The Bertz CT molecular complexity index is 542. The first-order valence-electron chi connectivity index (χ1n) is 5.42. The van der Waals surface area contributed by atoms with Crippen molar-refractivity contribution in [1.82, 2.24) is 15.0 Å². The molecule has 1 fully saturated rings. The van der Waals surface area contributed by atoms with Gasteiger partial charge in [0.05, 0.1) is 5.92 Å². The van der Waals surface area contributed by atoms with E-state index in [0.29, 0.717) is 24.0 Å². The van der Waals surface area contributed by atoms with Gasteiger partial charge in [0.15, 0.2) is 5.65 Å². The Hall–Kier alpha value is -1.59. The number of alkyl halides is 3.